The fourth-order valence-electron chi connectivity index (χ4n) is 4.34. The Bertz CT molecular complexity index is 1170. The minimum Gasteiger partial charge on any atom is -0.497 e. The van der Waals surface area contributed by atoms with Gasteiger partial charge in [0, 0.05) is 12.1 Å². The lowest BCUT2D eigenvalue weighted by atomic mass is 9.92. The summed E-state index contributed by atoms with van der Waals surface area (Å²) in [6, 6.07) is 19.8. The van der Waals surface area contributed by atoms with Crippen molar-refractivity contribution in [3.8, 4) is 17.2 Å². The number of rotatable bonds is 7. The highest BCUT2D eigenvalue weighted by atomic mass is 16.5. The molecule has 0 aromatic heterocycles. The number of carbonyl (C=O) groups is 2. The number of aryl methyl sites for hydroxylation is 1. The SMILES string of the molecule is COc1ccc([C@@H]2[C@@H](C(=O)Nc3cc(C)ccc3OC)CC(=O)N2c2ccc(OC)cc2)cc1. The topological polar surface area (TPSA) is 77.1 Å². The summed E-state index contributed by atoms with van der Waals surface area (Å²) < 4.78 is 16.0. The zero-order chi connectivity index (χ0) is 24.2. The van der Waals surface area contributed by atoms with Gasteiger partial charge < -0.3 is 24.4 Å². The number of amides is 2. The van der Waals surface area contributed by atoms with Crippen LogP contribution in [0, 0.1) is 12.8 Å². The molecular formula is C27H28N2O5. The van der Waals surface area contributed by atoms with Crippen LogP contribution in [0.4, 0.5) is 11.4 Å². The third-order valence-electron chi connectivity index (χ3n) is 6.08. The molecule has 3 aromatic rings. The van der Waals surface area contributed by atoms with E-state index in [0.717, 1.165) is 11.1 Å². The molecule has 4 rings (SSSR count). The van der Waals surface area contributed by atoms with E-state index in [0.29, 0.717) is 28.6 Å². The average Bonchev–Trinajstić information content (AvgIpc) is 3.21. The van der Waals surface area contributed by atoms with Crippen LogP contribution in [0.25, 0.3) is 0 Å². The summed E-state index contributed by atoms with van der Waals surface area (Å²) in [4.78, 5) is 28.5. The molecular weight excluding hydrogens is 432 g/mol. The van der Waals surface area contributed by atoms with Gasteiger partial charge in [0.15, 0.2) is 0 Å². The smallest absolute Gasteiger partial charge is 0.230 e. The largest absolute Gasteiger partial charge is 0.497 e. The van der Waals surface area contributed by atoms with Crippen molar-refractivity contribution >= 4 is 23.2 Å². The van der Waals surface area contributed by atoms with E-state index in [1.807, 2.05) is 61.5 Å². The van der Waals surface area contributed by atoms with Crippen molar-refractivity contribution in [2.75, 3.05) is 31.5 Å². The van der Waals surface area contributed by atoms with Gasteiger partial charge in [-0.05, 0) is 66.6 Å². The second-order valence-corrected chi connectivity index (χ2v) is 8.18. The predicted molar refractivity (Wildman–Crippen MR) is 131 cm³/mol. The summed E-state index contributed by atoms with van der Waals surface area (Å²) in [7, 11) is 4.75. The molecule has 2 atom stereocenters. The van der Waals surface area contributed by atoms with Crippen LogP contribution in [0.2, 0.25) is 0 Å². The Hall–Kier alpha value is -4.00. The first kappa shape index (κ1) is 23.2. The van der Waals surface area contributed by atoms with Crippen molar-refractivity contribution in [2.45, 2.75) is 19.4 Å². The Kier molecular flexibility index (Phi) is 6.72. The molecule has 1 aliphatic heterocycles. The van der Waals surface area contributed by atoms with Crippen molar-refractivity contribution in [1.29, 1.82) is 0 Å². The zero-order valence-electron chi connectivity index (χ0n) is 19.7. The van der Waals surface area contributed by atoms with Gasteiger partial charge in [0.05, 0.1) is 39.0 Å². The molecule has 2 amide bonds. The predicted octanol–water partition coefficient (Wildman–Crippen LogP) is 4.75. The molecule has 0 saturated carbocycles. The minimum atomic E-state index is -0.604. The molecule has 34 heavy (non-hydrogen) atoms. The summed E-state index contributed by atoms with van der Waals surface area (Å²) in [6.07, 6.45) is 0.0860. The van der Waals surface area contributed by atoms with E-state index < -0.39 is 12.0 Å². The van der Waals surface area contributed by atoms with Gasteiger partial charge in [0.1, 0.15) is 17.2 Å². The Morgan fingerprint density at radius 2 is 1.50 bits per heavy atom. The van der Waals surface area contributed by atoms with Gasteiger partial charge in [-0.25, -0.2) is 0 Å². The van der Waals surface area contributed by atoms with E-state index >= 15 is 0 Å². The first-order valence-electron chi connectivity index (χ1n) is 11.0. The van der Waals surface area contributed by atoms with E-state index in [-0.39, 0.29) is 18.2 Å². The third kappa shape index (κ3) is 4.55. The van der Waals surface area contributed by atoms with Crippen molar-refractivity contribution in [2.24, 2.45) is 5.92 Å². The number of benzene rings is 3. The number of nitrogens with one attached hydrogen (secondary N) is 1. The maximum atomic E-state index is 13.5. The molecule has 7 nitrogen and oxygen atoms in total. The number of anilines is 2. The van der Waals surface area contributed by atoms with Crippen LogP contribution in [0.1, 0.15) is 23.6 Å². The van der Waals surface area contributed by atoms with Gasteiger partial charge in [-0.15, -0.1) is 0 Å². The summed E-state index contributed by atoms with van der Waals surface area (Å²) >= 11 is 0. The fraction of sp³-hybridized carbons (Fsp3) is 0.259. The maximum absolute atomic E-state index is 13.5. The van der Waals surface area contributed by atoms with Crippen molar-refractivity contribution in [3.63, 3.8) is 0 Å². The van der Waals surface area contributed by atoms with Crippen LogP contribution in [0.5, 0.6) is 17.2 Å². The van der Waals surface area contributed by atoms with Crippen LogP contribution < -0.4 is 24.4 Å². The van der Waals surface area contributed by atoms with E-state index in [2.05, 4.69) is 5.32 Å². The van der Waals surface area contributed by atoms with Crippen LogP contribution >= 0.6 is 0 Å². The van der Waals surface area contributed by atoms with E-state index in [1.165, 1.54) is 0 Å². The molecule has 0 bridgehead atoms. The van der Waals surface area contributed by atoms with Crippen molar-refractivity contribution < 1.29 is 23.8 Å². The van der Waals surface area contributed by atoms with Crippen LogP contribution in [0.3, 0.4) is 0 Å². The average molecular weight is 461 g/mol. The highest BCUT2D eigenvalue weighted by molar-refractivity contribution is 6.05. The van der Waals surface area contributed by atoms with E-state index in [9.17, 15) is 9.59 Å². The molecule has 1 fully saturated rings. The van der Waals surface area contributed by atoms with Gasteiger partial charge in [0.25, 0.3) is 0 Å². The Labute approximate surface area is 199 Å². The molecule has 0 aliphatic carbocycles. The van der Waals surface area contributed by atoms with Crippen LogP contribution in [-0.2, 0) is 9.59 Å². The lowest BCUT2D eigenvalue weighted by molar-refractivity contribution is -0.122. The summed E-state index contributed by atoms with van der Waals surface area (Å²) in [5.74, 6) is 0.993. The second-order valence-electron chi connectivity index (χ2n) is 8.18. The molecule has 1 saturated heterocycles. The van der Waals surface area contributed by atoms with Gasteiger partial charge >= 0.3 is 0 Å². The first-order chi connectivity index (χ1) is 16.4. The standard InChI is InChI=1S/C27H28N2O5/c1-17-5-14-24(34-4)23(15-17)28-27(31)22-16-25(30)29(19-8-12-21(33-3)13-9-19)26(22)18-6-10-20(32-2)11-7-18/h5-15,22,26H,16H2,1-4H3,(H,28,31)/t22-,26+/m0/s1. The fourth-order valence-corrected chi connectivity index (χ4v) is 4.34. The summed E-state index contributed by atoms with van der Waals surface area (Å²) in [5.41, 5.74) is 3.12. The number of methoxy groups -OCH3 is 3. The number of hydrogen-bond donors (Lipinski definition) is 1. The van der Waals surface area contributed by atoms with E-state index in [4.69, 9.17) is 14.2 Å². The normalized spacial score (nSPS) is 17.4. The lowest BCUT2D eigenvalue weighted by Gasteiger charge is -2.29. The highest BCUT2D eigenvalue weighted by Crippen LogP contribution is 2.43. The summed E-state index contributed by atoms with van der Waals surface area (Å²) in [5, 5.41) is 2.99. The highest BCUT2D eigenvalue weighted by Gasteiger charge is 2.45. The number of ether oxygens (including phenoxy) is 3. The Balaban J connectivity index is 1.72. The monoisotopic (exact) mass is 460 g/mol. The molecule has 1 aliphatic rings. The van der Waals surface area contributed by atoms with Crippen molar-refractivity contribution in [3.05, 3.63) is 77.9 Å². The molecule has 3 aromatic carbocycles. The zero-order valence-corrected chi connectivity index (χ0v) is 19.7. The molecule has 7 heteroatoms. The molecule has 1 N–H and O–H groups in total. The third-order valence-corrected chi connectivity index (χ3v) is 6.08. The summed E-state index contributed by atoms with van der Waals surface area (Å²) in [6.45, 7) is 1.94. The molecule has 1 heterocycles. The van der Waals surface area contributed by atoms with Gasteiger partial charge in [-0.2, -0.15) is 0 Å². The van der Waals surface area contributed by atoms with Crippen molar-refractivity contribution in [1.82, 2.24) is 0 Å². The first-order valence-corrected chi connectivity index (χ1v) is 11.0. The second kappa shape index (κ2) is 9.87. The Morgan fingerprint density at radius 1 is 0.882 bits per heavy atom. The van der Waals surface area contributed by atoms with Gasteiger partial charge in [0.2, 0.25) is 11.8 Å². The quantitative estimate of drug-likeness (QED) is 0.550. The maximum Gasteiger partial charge on any atom is 0.230 e. The molecule has 0 spiro atoms. The van der Waals surface area contributed by atoms with Gasteiger partial charge in [-0.3, -0.25) is 9.59 Å². The molecule has 0 unspecified atom stereocenters. The lowest BCUT2D eigenvalue weighted by Crippen LogP contribution is -2.32. The Morgan fingerprint density at radius 3 is 2.09 bits per heavy atom. The van der Waals surface area contributed by atoms with Crippen LogP contribution in [-0.4, -0.2) is 33.1 Å². The van der Waals surface area contributed by atoms with Gasteiger partial charge in [-0.1, -0.05) is 18.2 Å². The van der Waals surface area contributed by atoms with E-state index in [1.54, 1.807) is 38.4 Å². The number of nitrogens with zero attached hydrogens (tertiary/aromatic N) is 1. The number of carbonyl (C=O) groups excluding carboxylic acids is 2. The van der Waals surface area contributed by atoms with Crippen LogP contribution in [0.15, 0.2) is 66.7 Å². The molecule has 176 valence electrons. The molecule has 0 radical (unpaired) electrons. The minimum absolute atomic E-state index is 0.0860. The number of hydrogen-bond acceptors (Lipinski definition) is 5.